The molecule has 2 aliphatic rings. The molecule has 40 heavy (non-hydrogen) atoms. The topological polar surface area (TPSA) is 209 Å². The van der Waals surface area contributed by atoms with Crippen molar-refractivity contribution in [1.82, 2.24) is 10.2 Å². The number of rotatable bonds is 10. The number of piperidine rings is 1. The predicted octanol–water partition coefficient (Wildman–Crippen LogP) is 1.38. The van der Waals surface area contributed by atoms with Gasteiger partial charge in [-0.1, -0.05) is 43.2 Å². The zero-order valence-electron chi connectivity index (χ0n) is 23.1. The van der Waals surface area contributed by atoms with Crippen LogP contribution in [0.3, 0.4) is 0 Å². The maximum atomic E-state index is 13.6. The van der Waals surface area contributed by atoms with Gasteiger partial charge in [-0.25, -0.2) is 9.59 Å². The fourth-order valence-electron chi connectivity index (χ4n) is 5.36. The maximum Gasteiger partial charge on any atom is 0.328 e. The third kappa shape index (κ3) is 7.99. The van der Waals surface area contributed by atoms with Gasteiger partial charge in [-0.05, 0) is 31.2 Å². The smallest absolute Gasteiger partial charge is 0.328 e. The van der Waals surface area contributed by atoms with Gasteiger partial charge in [-0.2, -0.15) is 0 Å². The molecule has 12 nitrogen and oxygen atoms in total. The van der Waals surface area contributed by atoms with E-state index in [-0.39, 0.29) is 35.7 Å². The Kier molecular flexibility index (Phi) is 11.1. The van der Waals surface area contributed by atoms with Crippen LogP contribution in [-0.4, -0.2) is 75.5 Å². The normalized spacial score (nSPS) is 25.5. The van der Waals surface area contributed by atoms with Crippen molar-refractivity contribution in [2.45, 2.75) is 69.8 Å². The monoisotopic (exact) mass is 557 g/mol. The number of carboxylic acids is 2. The lowest BCUT2D eigenvalue weighted by Crippen LogP contribution is -2.68. The van der Waals surface area contributed by atoms with Crippen LogP contribution < -0.4 is 16.8 Å². The van der Waals surface area contributed by atoms with E-state index in [9.17, 15) is 19.2 Å². The summed E-state index contributed by atoms with van der Waals surface area (Å²) in [6.45, 7) is 8.20. The first-order valence-electron chi connectivity index (χ1n) is 12.9. The molecule has 218 valence electrons. The Hall–Kier alpha value is -4.03. The van der Waals surface area contributed by atoms with Gasteiger partial charge in [0.1, 0.15) is 17.4 Å². The lowest BCUT2D eigenvalue weighted by atomic mass is 9.77. The van der Waals surface area contributed by atoms with Crippen molar-refractivity contribution in [3.05, 3.63) is 59.7 Å². The van der Waals surface area contributed by atoms with Crippen molar-refractivity contribution in [2.24, 2.45) is 17.4 Å². The minimum Gasteiger partial charge on any atom is -0.478 e. The van der Waals surface area contributed by atoms with Gasteiger partial charge in [0.05, 0.1) is 12.1 Å². The number of methoxy groups -OCH3 is 1. The summed E-state index contributed by atoms with van der Waals surface area (Å²) in [7, 11) is 1.64. The summed E-state index contributed by atoms with van der Waals surface area (Å²) in [5, 5.41) is 26.1. The zero-order valence-corrected chi connectivity index (χ0v) is 23.1. The first-order chi connectivity index (χ1) is 18.7. The molecule has 0 spiro atoms. The van der Waals surface area contributed by atoms with Gasteiger partial charge in [0.2, 0.25) is 11.8 Å². The molecule has 0 bridgehead atoms. The van der Waals surface area contributed by atoms with E-state index in [0.717, 1.165) is 17.6 Å². The lowest BCUT2D eigenvalue weighted by Gasteiger charge is -2.47. The van der Waals surface area contributed by atoms with Crippen LogP contribution >= 0.6 is 0 Å². The van der Waals surface area contributed by atoms with Crippen LogP contribution in [0.15, 0.2) is 48.6 Å². The van der Waals surface area contributed by atoms with Gasteiger partial charge in [-0.3, -0.25) is 15.0 Å². The molecule has 1 aromatic carbocycles. The fraction of sp³-hybridized carbons (Fsp3) is 0.464. The molecule has 2 aliphatic heterocycles. The third-order valence-corrected chi connectivity index (χ3v) is 7.12. The number of ether oxygens (including phenoxy) is 1. The minimum atomic E-state index is -1.26. The van der Waals surface area contributed by atoms with Crippen molar-refractivity contribution in [3.63, 3.8) is 0 Å². The van der Waals surface area contributed by atoms with E-state index in [1.807, 2.05) is 19.1 Å². The Labute approximate surface area is 233 Å². The molecule has 5 atom stereocenters. The zero-order chi connectivity index (χ0) is 30.2. The van der Waals surface area contributed by atoms with Gasteiger partial charge in [0.15, 0.2) is 0 Å². The molecule has 0 aliphatic carbocycles. The maximum absolute atomic E-state index is 13.6. The summed E-state index contributed by atoms with van der Waals surface area (Å²) in [4.78, 5) is 47.6. The number of amides is 2. The largest absolute Gasteiger partial charge is 0.478 e. The molecule has 3 rings (SSSR count). The van der Waals surface area contributed by atoms with E-state index in [1.54, 1.807) is 24.1 Å². The molecule has 0 aromatic heterocycles. The van der Waals surface area contributed by atoms with Gasteiger partial charge in [0.25, 0.3) is 0 Å². The van der Waals surface area contributed by atoms with Crippen LogP contribution in [0.4, 0.5) is 0 Å². The second-order valence-electron chi connectivity index (χ2n) is 10.2. The van der Waals surface area contributed by atoms with Crippen LogP contribution in [0.5, 0.6) is 0 Å². The summed E-state index contributed by atoms with van der Waals surface area (Å²) >= 11 is 0. The SMILES string of the molecule is C=C(C)C[C@]1(N)C[C@H](OC)[C@@H]2[C@H](CC)CC(C(=O)NCc3ccc(C(=N)N)cc3)N2C1=O.O=C(O)/C=C/C(=O)O. The van der Waals surface area contributed by atoms with E-state index in [1.165, 1.54) is 0 Å². The second kappa shape index (κ2) is 13.9. The van der Waals surface area contributed by atoms with E-state index in [4.69, 9.17) is 31.8 Å². The molecule has 0 radical (unpaired) electrons. The molecule has 1 unspecified atom stereocenters. The number of carbonyl (C=O) groups is 4. The molecule has 2 fully saturated rings. The highest BCUT2D eigenvalue weighted by Gasteiger charge is 2.58. The number of hydrogen-bond donors (Lipinski definition) is 6. The molecular formula is C28H39N5O7. The van der Waals surface area contributed by atoms with E-state index in [2.05, 4.69) is 18.8 Å². The highest BCUT2D eigenvalue weighted by Crippen LogP contribution is 2.43. The quantitative estimate of drug-likeness (QED) is 0.106. The number of carbonyl (C=O) groups excluding carboxylic acids is 2. The van der Waals surface area contributed by atoms with Crippen LogP contribution in [0.1, 0.15) is 50.7 Å². The molecule has 12 heteroatoms. The standard InChI is InChI=1S/C24H35N5O3.C4H4O4/c1-5-16-10-18(22(30)28-13-15-6-8-17(9-7-15)21(25)26)29-20(16)19(32-4)12-24(27,23(29)31)11-14(2)3;5-3(6)1-2-4(7)8/h6-9,16,18-20H,2,5,10-13,27H2,1,3-4H3,(H3,25,26)(H,28,30);1-2H,(H,5,6)(H,7,8)/b;2-1+/t16-,18?,19+,20+,24+;/m1./s1. The third-order valence-electron chi connectivity index (χ3n) is 7.12. The summed E-state index contributed by atoms with van der Waals surface area (Å²) in [6, 6.07) is 6.41. The van der Waals surface area contributed by atoms with Gasteiger partial charge >= 0.3 is 11.9 Å². The number of fused-ring (bicyclic) bond motifs is 1. The molecule has 2 heterocycles. The average Bonchev–Trinajstić information content (AvgIpc) is 3.28. The van der Waals surface area contributed by atoms with E-state index in [0.29, 0.717) is 43.5 Å². The van der Waals surface area contributed by atoms with Gasteiger partial charge < -0.3 is 36.6 Å². The fourth-order valence-corrected chi connectivity index (χ4v) is 5.36. The number of benzene rings is 1. The number of hydrogen-bond acceptors (Lipinski definition) is 7. The van der Waals surface area contributed by atoms with Crippen LogP contribution in [0, 0.1) is 11.3 Å². The number of nitrogens with zero attached hydrogens (tertiary/aromatic N) is 1. The van der Waals surface area contributed by atoms with E-state index >= 15 is 0 Å². The number of nitrogens with two attached hydrogens (primary N) is 2. The Morgan fingerprint density at radius 1 is 1.23 bits per heavy atom. The molecule has 2 saturated heterocycles. The molecule has 1 aromatic rings. The van der Waals surface area contributed by atoms with Crippen molar-refractivity contribution in [1.29, 1.82) is 5.41 Å². The number of nitrogens with one attached hydrogen (secondary N) is 2. The number of carboxylic acid groups (broad SMARTS) is 2. The predicted molar refractivity (Wildman–Crippen MR) is 148 cm³/mol. The van der Waals surface area contributed by atoms with Crippen molar-refractivity contribution < 1.29 is 34.1 Å². The van der Waals surface area contributed by atoms with Crippen molar-refractivity contribution >= 4 is 29.6 Å². The summed E-state index contributed by atoms with van der Waals surface area (Å²) < 4.78 is 5.79. The Morgan fingerprint density at radius 3 is 2.25 bits per heavy atom. The summed E-state index contributed by atoms with van der Waals surface area (Å²) in [5.74, 6) is -2.73. The highest BCUT2D eigenvalue weighted by atomic mass is 16.5. The summed E-state index contributed by atoms with van der Waals surface area (Å²) in [6.07, 6.45) is 3.11. The number of nitrogen functional groups attached to an aromatic ring is 1. The van der Waals surface area contributed by atoms with Crippen molar-refractivity contribution in [2.75, 3.05) is 7.11 Å². The number of amidine groups is 1. The van der Waals surface area contributed by atoms with Crippen LogP contribution in [0.2, 0.25) is 0 Å². The Bertz CT molecular complexity index is 1150. The Balaban J connectivity index is 0.000000611. The second-order valence-corrected chi connectivity index (χ2v) is 10.2. The molecular weight excluding hydrogens is 518 g/mol. The Morgan fingerprint density at radius 2 is 1.80 bits per heavy atom. The highest BCUT2D eigenvalue weighted by molar-refractivity contribution is 5.95. The molecule has 0 saturated carbocycles. The first-order valence-corrected chi connectivity index (χ1v) is 12.9. The van der Waals surface area contributed by atoms with Crippen LogP contribution in [0.25, 0.3) is 0 Å². The van der Waals surface area contributed by atoms with Crippen LogP contribution in [-0.2, 0) is 30.5 Å². The number of aliphatic carboxylic acids is 2. The van der Waals surface area contributed by atoms with Gasteiger partial charge in [-0.15, -0.1) is 6.58 Å². The van der Waals surface area contributed by atoms with Crippen molar-refractivity contribution in [3.8, 4) is 0 Å². The average molecular weight is 558 g/mol. The van der Waals surface area contributed by atoms with Gasteiger partial charge in [0, 0.05) is 37.8 Å². The first kappa shape index (κ1) is 32.2. The lowest BCUT2D eigenvalue weighted by molar-refractivity contribution is -0.157. The molecule has 2 amide bonds. The van der Waals surface area contributed by atoms with E-state index < -0.39 is 23.5 Å². The minimum absolute atomic E-state index is 0.000438. The summed E-state index contributed by atoms with van der Waals surface area (Å²) in [5.41, 5.74) is 13.3. The molecule has 8 N–H and O–H groups in total.